The van der Waals surface area contributed by atoms with Crippen molar-refractivity contribution in [1.29, 1.82) is 0 Å². The first kappa shape index (κ1) is 70.1. The van der Waals surface area contributed by atoms with Gasteiger partial charge in [0.2, 0.25) is 34.9 Å². The van der Waals surface area contributed by atoms with E-state index in [1.807, 2.05) is 0 Å². The summed E-state index contributed by atoms with van der Waals surface area (Å²) >= 11 is 2.80. The van der Waals surface area contributed by atoms with Crippen LogP contribution in [0, 0.1) is 175 Å². The molecule has 0 radical (unpaired) electrons. The molecule has 0 fully saturated rings. The summed E-state index contributed by atoms with van der Waals surface area (Å²) < 4.78 is 473. The molecule has 6 aromatic carbocycles. The molecule has 37 heteroatoms. The standard InChI is InChI=1S/C66H13BrF30N6/c67-12-11-23-28(34-44(76)56(88)64(96)57(89)45(34)77)21-8-7-19(101-21)26(32-40(72)52(84)62(94)53(85)41(32)73)17-4-3-15(99-17)24(30-36(68)48(80)60(92)49(81)37(30)69)13-1-2-14(98-13)25(31-38(70)50(82)61(93)51(83)39(31)71)16-5-6-18(100-16)27(33-42(74)54(86)63(95)55(87)43(33)75)20-9-10-22(102-20)29(66(12)103-23)35-46(78)58(90)65(97)59(91)47(35)79/h1-11,100-101H. The average Bonchev–Trinajstić information content (AvgIpc) is 1.61. The number of halogens is 31. The first-order valence-corrected chi connectivity index (χ1v) is 28.3. The Morgan fingerprint density at radius 2 is 0.350 bits per heavy atom. The summed E-state index contributed by atoms with van der Waals surface area (Å²) in [7, 11) is 0. The summed E-state index contributed by atoms with van der Waals surface area (Å²) in [5.74, 6) is -86.4. The van der Waals surface area contributed by atoms with Crippen molar-refractivity contribution in [3.05, 3.63) is 244 Å². The molecule has 6 nitrogen and oxygen atoms in total. The van der Waals surface area contributed by atoms with E-state index in [1.54, 1.807) is 0 Å². The minimum Gasteiger partial charge on any atom is -0.354 e. The maximum absolute atomic E-state index is 16.6. The van der Waals surface area contributed by atoms with Gasteiger partial charge in [0.25, 0.3) is 0 Å². The predicted molar refractivity (Wildman–Crippen MR) is 307 cm³/mol. The van der Waals surface area contributed by atoms with E-state index in [2.05, 4.69) is 45.8 Å². The summed E-state index contributed by atoms with van der Waals surface area (Å²) in [5.41, 5.74) is -39.3. The van der Waals surface area contributed by atoms with Crippen molar-refractivity contribution in [1.82, 2.24) is 29.9 Å². The van der Waals surface area contributed by atoms with Crippen LogP contribution < -0.4 is 0 Å². The first-order chi connectivity index (χ1) is 48.5. The molecule has 103 heavy (non-hydrogen) atoms. The van der Waals surface area contributed by atoms with Crippen molar-refractivity contribution in [2.75, 3.05) is 0 Å². The second-order valence-corrected chi connectivity index (χ2v) is 22.3. The molecule has 2 N–H and O–H groups in total. The van der Waals surface area contributed by atoms with Gasteiger partial charge in [-0.1, -0.05) is 0 Å². The molecule has 0 unspecified atom stereocenters. The van der Waals surface area contributed by atoms with Gasteiger partial charge >= 0.3 is 0 Å². The molecular formula is C66H13BrF30N6. The van der Waals surface area contributed by atoms with E-state index in [-0.39, 0.29) is 0 Å². The van der Waals surface area contributed by atoms with Gasteiger partial charge in [-0.25, -0.2) is 152 Å². The number of nitrogens with zero attached hydrogens (tertiary/aromatic N) is 4. The largest absolute Gasteiger partial charge is 0.354 e. The highest BCUT2D eigenvalue weighted by Crippen LogP contribution is 2.49. The molecule has 0 saturated carbocycles. The fourth-order valence-corrected chi connectivity index (χ4v) is 11.8. The SMILES string of the molecule is Fc1c(F)c(F)c(-c2c3nc(c(-c4c(F)c(F)c(F)c(F)c4F)c4ccc([nH]4)c(-c4c(F)c(F)c(F)c(F)c4F)c4nc(c(-c5c(F)c(F)c(F)c(F)c5F)c5nc(c(-c6c(F)c(F)c(F)c(F)c6F)c6ccc([nH]6)c(-c6c(F)c(F)c(F)c(F)c6F)c6nc2C=C6)C=C5Br)C=C4)C=C3)c(F)c1F. The molecule has 0 aliphatic carbocycles. The van der Waals surface area contributed by atoms with Crippen LogP contribution in [0.1, 0.15) is 45.6 Å². The first-order valence-electron chi connectivity index (χ1n) is 27.5. The molecule has 9 aromatic rings. The van der Waals surface area contributed by atoms with E-state index >= 15 is 105 Å². The highest BCUT2D eigenvalue weighted by molar-refractivity contribution is 9.15. The van der Waals surface area contributed by atoms with Gasteiger partial charge in [-0.15, -0.1) is 0 Å². The molecule has 0 amide bonds. The van der Waals surface area contributed by atoms with Gasteiger partial charge in [-0.2, -0.15) is 0 Å². The minimum atomic E-state index is -2.94. The van der Waals surface area contributed by atoms with Crippen LogP contribution in [0.3, 0.4) is 0 Å². The Kier molecular flexibility index (Phi) is 17.0. The van der Waals surface area contributed by atoms with Crippen molar-refractivity contribution < 1.29 is 132 Å². The molecule has 4 aliphatic rings. The third-order valence-electron chi connectivity index (χ3n) is 15.9. The molecule has 3 aromatic heterocycles. The highest BCUT2D eigenvalue weighted by atomic mass is 79.9. The number of hydrogen-bond donors (Lipinski definition) is 2. The van der Waals surface area contributed by atoms with Crippen LogP contribution in [-0.4, -0.2) is 29.9 Å². The Labute approximate surface area is 556 Å². The van der Waals surface area contributed by atoms with Crippen molar-refractivity contribution in [3.8, 4) is 66.8 Å². The van der Waals surface area contributed by atoms with Crippen molar-refractivity contribution in [2.45, 2.75) is 0 Å². The maximum Gasteiger partial charge on any atom is 0.200 e. The zero-order valence-electron chi connectivity index (χ0n) is 48.4. The quantitative estimate of drug-likeness (QED) is 0.0987. The van der Waals surface area contributed by atoms with E-state index in [1.165, 1.54) is 0 Å². The molecular weight excluding hydrogens is 1530 g/mol. The number of hydrogen-bond acceptors (Lipinski definition) is 4. The van der Waals surface area contributed by atoms with Gasteiger partial charge in [0.1, 0.15) is 0 Å². The second-order valence-electron chi connectivity index (χ2n) is 21.5. The van der Waals surface area contributed by atoms with Gasteiger partial charge < -0.3 is 9.97 Å². The number of rotatable bonds is 6. The molecule has 0 atom stereocenters. The smallest absolute Gasteiger partial charge is 0.200 e. The van der Waals surface area contributed by atoms with Gasteiger partial charge in [0.15, 0.2) is 140 Å². The van der Waals surface area contributed by atoms with Crippen LogP contribution in [0.2, 0.25) is 0 Å². The molecule has 12 bridgehead atoms. The molecule has 7 heterocycles. The molecule has 0 spiro atoms. The van der Waals surface area contributed by atoms with E-state index < -0.39 is 313 Å². The lowest BCUT2D eigenvalue weighted by Gasteiger charge is -2.12. The van der Waals surface area contributed by atoms with Gasteiger partial charge in [0.05, 0.1) is 78.9 Å². The number of fused-ring (bicyclic) bond motifs is 12. The highest BCUT2D eigenvalue weighted by Gasteiger charge is 2.39. The number of aromatic amines is 2. The van der Waals surface area contributed by atoms with Gasteiger partial charge in [0, 0.05) is 59.9 Å². The third-order valence-corrected chi connectivity index (χ3v) is 16.5. The minimum absolute atomic E-state index is 0.340. The lowest BCUT2D eigenvalue weighted by atomic mass is 10.00. The van der Waals surface area contributed by atoms with Crippen molar-refractivity contribution >= 4 is 85.0 Å². The lowest BCUT2D eigenvalue weighted by molar-refractivity contribution is 0.381. The summed E-state index contributed by atoms with van der Waals surface area (Å²) in [6.07, 6.45) is 2.43. The third kappa shape index (κ3) is 10.4. The molecule has 13 rings (SSSR count). The van der Waals surface area contributed by atoms with Crippen LogP contribution in [0.4, 0.5) is 132 Å². The van der Waals surface area contributed by atoms with Crippen LogP contribution >= 0.6 is 15.9 Å². The number of benzene rings is 6. The Morgan fingerprint density at radius 3 is 0.573 bits per heavy atom. The summed E-state index contributed by atoms with van der Waals surface area (Å²) in [6.45, 7) is 0. The lowest BCUT2D eigenvalue weighted by Crippen LogP contribution is -2.06. The van der Waals surface area contributed by atoms with Gasteiger partial charge in [-0.05, 0) is 82.7 Å². The molecule has 524 valence electrons. The predicted octanol–water partition coefficient (Wildman–Crippen LogP) is 21.6. The fraction of sp³-hybridized carbons (Fsp3) is 0. The Balaban J connectivity index is 1.35. The fourth-order valence-electron chi connectivity index (χ4n) is 11.3. The van der Waals surface area contributed by atoms with Crippen LogP contribution in [-0.2, 0) is 0 Å². The van der Waals surface area contributed by atoms with Crippen LogP contribution in [0.15, 0.2) is 24.3 Å². The second kappa shape index (κ2) is 25.0. The Hall–Kier alpha value is -11.4. The van der Waals surface area contributed by atoms with E-state index in [0.29, 0.717) is 66.8 Å². The van der Waals surface area contributed by atoms with Crippen molar-refractivity contribution in [3.63, 3.8) is 0 Å². The normalized spacial score (nSPS) is 12.6. The topological polar surface area (TPSA) is 83.1 Å². The number of H-pyrrole nitrogens is 2. The summed E-state index contributed by atoms with van der Waals surface area (Å²) in [5, 5.41) is 0. The van der Waals surface area contributed by atoms with Crippen molar-refractivity contribution in [2.24, 2.45) is 0 Å². The summed E-state index contributed by atoms with van der Waals surface area (Å²) in [6, 6.07) is 1.53. The zero-order chi connectivity index (χ0) is 74.8. The molecule has 4 aliphatic heterocycles. The number of aromatic nitrogens is 6. The monoisotopic (exact) mass is 1540 g/mol. The maximum atomic E-state index is 16.6. The Bertz CT molecular complexity index is 5800. The van der Waals surface area contributed by atoms with E-state index in [9.17, 15) is 26.3 Å². The van der Waals surface area contributed by atoms with E-state index in [0.717, 1.165) is 0 Å². The Morgan fingerprint density at radius 1 is 0.184 bits per heavy atom. The average molecular weight is 1540 g/mol. The summed E-state index contributed by atoms with van der Waals surface area (Å²) in [4.78, 5) is 19.8. The molecule has 0 saturated heterocycles. The number of nitrogens with one attached hydrogen (secondary N) is 2. The van der Waals surface area contributed by atoms with E-state index in [4.69, 9.17) is 0 Å². The zero-order valence-corrected chi connectivity index (χ0v) is 49.9. The van der Waals surface area contributed by atoms with Gasteiger partial charge in [-0.3, -0.25) is 0 Å². The van der Waals surface area contributed by atoms with Crippen LogP contribution in [0.25, 0.3) is 136 Å². The van der Waals surface area contributed by atoms with Crippen LogP contribution in [0.5, 0.6) is 0 Å².